The van der Waals surface area contributed by atoms with E-state index in [1.54, 1.807) is 18.2 Å². The molecule has 2 rings (SSSR count). The highest BCUT2D eigenvalue weighted by molar-refractivity contribution is 6.30. The first-order valence-electron chi connectivity index (χ1n) is 5.55. The van der Waals surface area contributed by atoms with Crippen molar-refractivity contribution >= 4 is 17.5 Å². The number of aromatic amines is 1. The minimum atomic E-state index is -0.108. The molecule has 5 nitrogen and oxygen atoms in total. The van der Waals surface area contributed by atoms with Crippen LogP contribution in [0, 0.1) is 6.92 Å². The zero-order chi connectivity index (χ0) is 13.0. The van der Waals surface area contributed by atoms with Crippen LogP contribution < -0.4 is 5.32 Å². The molecule has 0 spiro atoms. The van der Waals surface area contributed by atoms with Gasteiger partial charge in [0.15, 0.2) is 0 Å². The molecule has 0 radical (unpaired) electrons. The van der Waals surface area contributed by atoms with E-state index >= 15 is 0 Å². The average molecular weight is 265 g/mol. The van der Waals surface area contributed by atoms with E-state index in [1.807, 2.05) is 6.92 Å². The van der Waals surface area contributed by atoms with Crippen molar-refractivity contribution in [2.45, 2.75) is 13.3 Å². The van der Waals surface area contributed by atoms with E-state index in [9.17, 15) is 4.79 Å². The van der Waals surface area contributed by atoms with Crippen LogP contribution in [0.15, 0.2) is 24.5 Å². The molecule has 1 amide bonds. The SMILES string of the molecule is Cc1cc(Cl)ccc1C(=O)NCCc1ncn[nH]1. The number of carbonyl (C=O) groups is 1. The van der Waals surface area contributed by atoms with Crippen LogP contribution in [0.4, 0.5) is 0 Å². The molecule has 6 heteroatoms. The Morgan fingerprint density at radius 2 is 2.33 bits per heavy atom. The first kappa shape index (κ1) is 12.6. The molecule has 2 N–H and O–H groups in total. The van der Waals surface area contributed by atoms with E-state index in [1.165, 1.54) is 6.33 Å². The lowest BCUT2D eigenvalue weighted by atomic mass is 10.1. The van der Waals surface area contributed by atoms with Crippen LogP contribution in [0.5, 0.6) is 0 Å². The third-order valence-corrected chi connectivity index (χ3v) is 2.78. The molecule has 0 fully saturated rings. The quantitative estimate of drug-likeness (QED) is 0.884. The van der Waals surface area contributed by atoms with Crippen LogP contribution in [-0.2, 0) is 6.42 Å². The van der Waals surface area contributed by atoms with E-state index in [0.717, 1.165) is 11.4 Å². The predicted molar refractivity (Wildman–Crippen MR) is 68.6 cm³/mol. The molecular formula is C12H13ClN4O. The molecule has 0 aliphatic heterocycles. The van der Waals surface area contributed by atoms with Gasteiger partial charge in [-0.25, -0.2) is 4.98 Å². The molecular weight excluding hydrogens is 252 g/mol. The summed E-state index contributed by atoms with van der Waals surface area (Å²) in [5.41, 5.74) is 1.50. The fourth-order valence-electron chi connectivity index (χ4n) is 1.62. The molecule has 1 aromatic carbocycles. The Labute approximate surface area is 110 Å². The lowest BCUT2D eigenvalue weighted by Gasteiger charge is -2.07. The summed E-state index contributed by atoms with van der Waals surface area (Å²) in [5, 5.41) is 9.94. The van der Waals surface area contributed by atoms with Crippen molar-refractivity contribution in [3.63, 3.8) is 0 Å². The molecule has 0 atom stereocenters. The molecule has 94 valence electrons. The van der Waals surface area contributed by atoms with Crippen LogP contribution in [-0.4, -0.2) is 27.6 Å². The molecule has 0 aliphatic carbocycles. The third-order valence-electron chi connectivity index (χ3n) is 2.55. The van der Waals surface area contributed by atoms with E-state index in [2.05, 4.69) is 20.5 Å². The highest BCUT2D eigenvalue weighted by atomic mass is 35.5. The van der Waals surface area contributed by atoms with Gasteiger partial charge in [0.2, 0.25) is 0 Å². The molecule has 1 heterocycles. The van der Waals surface area contributed by atoms with Crippen LogP contribution >= 0.6 is 11.6 Å². The van der Waals surface area contributed by atoms with Gasteiger partial charge in [0, 0.05) is 23.6 Å². The zero-order valence-corrected chi connectivity index (χ0v) is 10.7. The number of carbonyl (C=O) groups excluding carboxylic acids is 1. The molecule has 0 aliphatic rings. The van der Waals surface area contributed by atoms with Gasteiger partial charge in [-0.1, -0.05) is 11.6 Å². The van der Waals surface area contributed by atoms with Gasteiger partial charge in [-0.3, -0.25) is 9.89 Å². The number of hydrogen-bond donors (Lipinski definition) is 2. The van der Waals surface area contributed by atoms with Crippen molar-refractivity contribution < 1.29 is 4.79 Å². The van der Waals surface area contributed by atoms with Crippen LogP contribution in [0.1, 0.15) is 21.7 Å². The molecule has 2 aromatic rings. The molecule has 0 saturated heterocycles. The van der Waals surface area contributed by atoms with Gasteiger partial charge < -0.3 is 5.32 Å². The number of nitrogens with zero attached hydrogens (tertiary/aromatic N) is 2. The van der Waals surface area contributed by atoms with Gasteiger partial charge in [0.25, 0.3) is 5.91 Å². The number of halogens is 1. The summed E-state index contributed by atoms with van der Waals surface area (Å²) in [5.74, 6) is 0.645. The van der Waals surface area contributed by atoms with Gasteiger partial charge in [-0.05, 0) is 30.7 Å². The first-order chi connectivity index (χ1) is 8.66. The number of hydrogen-bond acceptors (Lipinski definition) is 3. The summed E-state index contributed by atoms with van der Waals surface area (Å²) in [6.07, 6.45) is 2.07. The van der Waals surface area contributed by atoms with Crippen LogP contribution in [0.2, 0.25) is 5.02 Å². The van der Waals surface area contributed by atoms with Crippen molar-refractivity contribution in [3.05, 3.63) is 46.5 Å². The second-order valence-electron chi connectivity index (χ2n) is 3.90. The molecule has 0 saturated carbocycles. The zero-order valence-electron chi connectivity index (χ0n) is 9.90. The number of aromatic nitrogens is 3. The Kier molecular flexibility index (Phi) is 3.94. The maximum Gasteiger partial charge on any atom is 0.251 e. The Hall–Kier alpha value is -1.88. The van der Waals surface area contributed by atoms with E-state index in [4.69, 9.17) is 11.6 Å². The number of amides is 1. The van der Waals surface area contributed by atoms with Crippen LogP contribution in [0.25, 0.3) is 0 Å². The fraction of sp³-hybridized carbons (Fsp3) is 0.250. The largest absolute Gasteiger partial charge is 0.352 e. The molecule has 0 bridgehead atoms. The third kappa shape index (κ3) is 3.07. The molecule has 0 unspecified atom stereocenters. The number of nitrogens with one attached hydrogen (secondary N) is 2. The van der Waals surface area contributed by atoms with Gasteiger partial charge in [-0.15, -0.1) is 0 Å². The summed E-state index contributed by atoms with van der Waals surface area (Å²) in [4.78, 5) is 15.9. The number of rotatable bonds is 4. The summed E-state index contributed by atoms with van der Waals surface area (Å²) < 4.78 is 0. The lowest BCUT2D eigenvalue weighted by Crippen LogP contribution is -2.26. The van der Waals surface area contributed by atoms with Gasteiger partial charge in [-0.2, -0.15) is 5.10 Å². The molecule has 18 heavy (non-hydrogen) atoms. The first-order valence-corrected chi connectivity index (χ1v) is 5.93. The van der Waals surface area contributed by atoms with E-state index in [-0.39, 0.29) is 5.91 Å². The standard InChI is InChI=1S/C12H13ClN4O/c1-8-6-9(13)2-3-10(8)12(18)14-5-4-11-15-7-16-17-11/h2-3,6-7H,4-5H2,1H3,(H,14,18)(H,15,16,17). The van der Waals surface area contributed by atoms with Crippen molar-refractivity contribution in [2.75, 3.05) is 6.54 Å². The Balaban J connectivity index is 1.91. The van der Waals surface area contributed by atoms with Crippen molar-refractivity contribution in [3.8, 4) is 0 Å². The number of benzene rings is 1. The Morgan fingerprint density at radius 1 is 1.50 bits per heavy atom. The summed E-state index contributed by atoms with van der Waals surface area (Å²) in [6, 6.07) is 5.20. The van der Waals surface area contributed by atoms with Crippen molar-refractivity contribution in [1.82, 2.24) is 20.5 Å². The van der Waals surface area contributed by atoms with Crippen molar-refractivity contribution in [2.24, 2.45) is 0 Å². The Bertz CT molecular complexity index is 539. The lowest BCUT2D eigenvalue weighted by molar-refractivity contribution is 0.0953. The van der Waals surface area contributed by atoms with E-state index in [0.29, 0.717) is 23.6 Å². The maximum absolute atomic E-state index is 11.9. The highest BCUT2D eigenvalue weighted by Crippen LogP contribution is 2.14. The monoisotopic (exact) mass is 264 g/mol. The predicted octanol–water partition coefficient (Wildman–Crippen LogP) is 1.74. The minimum Gasteiger partial charge on any atom is -0.352 e. The van der Waals surface area contributed by atoms with E-state index < -0.39 is 0 Å². The summed E-state index contributed by atoms with van der Waals surface area (Å²) in [7, 11) is 0. The summed E-state index contributed by atoms with van der Waals surface area (Å²) in [6.45, 7) is 2.37. The fourth-order valence-corrected chi connectivity index (χ4v) is 1.85. The second kappa shape index (κ2) is 5.64. The summed E-state index contributed by atoms with van der Waals surface area (Å²) >= 11 is 5.84. The minimum absolute atomic E-state index is 0.108. The number of H-pyrrole nitrogens is 1. The van der Waals surface area contributed by atoms with Gasteiger partial charge in [0.05, 0.1) is 0 Å². The normalized spacial score (nSPS) is 10.3. The molecule has 1 aromatic heterocycles. The van der Waals surface area contributed by atoms with Crippen molar-refractivity contribution in [1.29, 1.82) is 0 Å². The highest BCUT2D eigenvalue weighted by Gasteiger charge is 2.08. The Morgan fingerprint density at radius 3 is 3.00 bits per heavy atom. The second-order valence-corrected chi connectivity index (χ2v) is 4.33. The topological polar surface area (TPSA) is 70.7 Å². The van der Waals surface area contributed by atoms with Crippen LogP contribution in [0.3, 0.4) is 0 Å². The van der Waals surface area contributed by atoms with Gasteiger partial charge >= 0.3 is 0 Å². The smallest absolute Gasteiger partial charge is 0.251 e. The average Bonchev–Trinajstić information content (AvgIpc) is 2.81. The maximum atomic E-state index is 11.9. The number of aryl methyl sites for hydroxylation is 1. The van der Waals surface area contributed by atoms with Gasteiger partial charge in [0.1, 0.15) is 12.2 Å².